The highest BCUT2D eigenvalue weighted by Gasteiger charge is 2.10. The van der Waals surface area contributed by atoms with E-state index in [0.29, 0.717) is 37.9 Å². The van der Waals surface area contributed by atoms with Gasteiger partial charge in [0.2, 0.25) is 11.8 Å². The van der Waals surface area contributed by atoms with Gasteiger partial charge >= 0.3 is 0 Å². The number of nitrogens with one attached hydrogen (secondary N) is 2. The summed E-state index contributed by atoms with van der Waals surface area (Å²) in [6.45, 7) is 1.45. The van der Waals surface area contributed by atoms with Crippen LogP contribution < -0.4 is 10.6 Å². The number of thiazole rings is 1. The van der Waals surface area contributed by atoms with Crippen molar-refractivity contribution in [3.63, 3.8) is 0 Å². The van der Waals surface area contributed by atoms with Crippen LogP contribution >= 0.6 is 34.5 Å². The molecule has 156 valence electrons. The molecule has 4 aromatic rings. The monoisotopic (exact) mass is 471 g/mol. The maximum absolute atomic E-state index is 12.3. The summed E-state index contributed by atoms with van der Waals surface area (Å²) in [4.78, 5) is 27.9. The Balaban J connectivity index is 1.44. The van der Waals surface area contributed by atoms with E-state index in [1.54, 1.807) is 48.5 Å². The van der Waals surface area contributed by atoms with Crippen molar-refractivity contribution in [2.24, 2.45) is 0 Å². The molecule has 2 aromatic heterocycles. The molecule has 6 nitrogen and oxygen atoms in total. The second-order valence-corrected chi connectivity index (χ2v) is 8.41. The second-order valence-electron chi connectivity index (χ2n) is 6.53. The van der Waals surface area contributed by atoms with Crippen molar-refractivity contribution in [3.8, 4) is 11.3 Å². The van der Waals surface area contributed by atoms with E-state index in [1.165, 1.54) is 24.3 Å². The number of nitrogens with zero attached hydrogens (tertiary/aromatic N) is 1. The molecule has 2 heterocycles. The van der Waals surface area contributed by atoms with Gasteiger partial charge in [0.05, 0.1) is 15.2 Å². The quantitative estimate of drug-likeness (QED) is 0.326. The molecule has 0 bridgehead atoms. The van der Waals surface area contributed by atoms with E-state index in [2.05, 4.69) is 15.6 Å². The molecule has 0 aliphatic rings. The fourth-order valence-corrected chi connectivity index (χ4v) is 4.25. The van der Waals surface area contributed by atoms with E-state index in [0.717, 1.165) is 10.2 Å². The molecule has 4 rings (SSSR count). The number of hydrogen-bond donors (Lipinski definition) is 2. The zero-order valence-electron chi connectivity index (χ0n) is 16.1. The molecule has 0 unspecified atom stereocenters. The normalized spacial score (nSPS) is 11.2. The zero-order valence-corrected chi connectivity index (χ0v) is 18.4. The molecule has 31 heavy (non-hydrogen) atoms. The van der Waals surface area contributed by atoms with Crippen molar-refractivity contribution in [3.05, 3.63) is 70.4 Å². The number of anilines is 2. The fraction of sp³-hybridized carbons (Fsp3) is 0.0455. The van der Waals surface area contributed by atoms with E-state index >= 15 is 0 Å². The average Bonchev–Trinajstić information content (AvgIpc) is 3.32. The summed E-state index contributed by atoms with van der Waals surface area (Å²) in [5, 5.41) is 6.93. The smallest absolute Gasteiger partial charge is 0.250 e. The molecule has 0 aliphatic heterocycles. The summed E-state index contributed by atoms with van der Waals surface area (Å²) in [7, 11) is 0. The van der Waals surface area contributed by atoms with Gasteiger partial charge < -0.3 is 9.73 Å². The zero-order chi connectivity index (χ0) is 22.0. The summed E-state index contributed by atoms with van der Waals surface area (Å²) >= 11 is 13.4. The molecule has 0 spiro atoms. The molecule has 0 saturated carbocycles. The molecule has 2 amide bonds. The minimum atomic E-state index is -0.344. The first-order valence-electron chi connectivity index (χ1n) is 9.10. The number of hydrogen-bond acceptors (Lipinski definition) is 5. The molecule has 2 N–H and O–H groups in total. The third-order valence-electron chi connectivity index (χ3n) is 4.16. The number of halogens is 2. The minimum Gasteiger partial charge on any atom is -0.457 e. The first-order valence-corrected chi connectivity index (χ1v) is 10.7. The Morgan fingerprint density at radius 1 is 1.06 bits per heavy atom. The molecule has 0 radical (unpaired) electrons. The molecule has 9 heteroatoms. The van der Waals surface area contributed by atoms with Gasteiger partial charge in [-0.2, -0.15) is 0 Å². The predicted molar refractivity (Wildman–Crippen MR) is 126 cm³/mol. The molecule has 0 fully saturated rings. The minimum absolute atomic E-state index is 0.151. The molecule has 2 aromatic carbocycles. The molecule has 0 atom stereocenters. The Bertz CT molecular complexity index is 1330. The number of rotatable bonds is 5. The van der Waals surface area contributed by atoms with Crippen LogP contribution in [-0.4, -0.2) is 16.8 Å². The van der Waals surface area contributed by atoms with Gasteiger partial charge in [0, 0.05) is 29.3 Å². The van der Waals surface area contributed by atoms with Gasteiger partial charge in [0.25, 0.3) is 0 Å². The lowest BCUT2D eigenvalue weighted by Gasteiger charge is -2.00. The van der Waals surface area contributed by atoms with Gasteiger partial charge in [-0.15, -0.1) is 0 Å². The van der Waals surface area contributed by atoms with Crippen LogP contribution in [-0.2, 0) is 9.59 Å². The lowest BCUT2D eigenvalue weighted by molar-refractivity contribution is -0.114. The van der Waals surface area contributed by atoms with Gasteiger partial charge in [-0.25, -0.2) is 4.98 Å². The SMILES string of the molecule is CC(=O)Nc1ccc2nc(NC(=O)/C=C/c3ccc(-c4ccc(Cl)cc4Cl)o3)sc2c1. The number of benzene rings is 2. The van der Waals surface area contributed by atoms with E-state index < -0.39 is 0 Å². The van der Waals surface area contributed by atoms with Crippen molar-refractivity contribution in [1.82, 2.24) is 4.98 Å². The van der Waals surface area contributed by atoms with E-state index in [4.69, 9.17) is 27.6 Å². The highest BCUT2D eigenvalue weighted by molar-refractivity contribution is 7.22. The highest BCUT2D eigenvalue weighted by Crippen LogP contribution is 2.32. The maximum atomic E-state index is 12.3. The fourth-order valence-electron chi connectivity index (χ4n) is 2.84. The summed E-state index contributed by atoms with van der Waals surface area (Å²) in [6, 6.07) is 14.0. The summed E-state index contributed by atoms with van der Waals surface area (Å²) in [5.41, 5.74) is 2.12. The highest BCUT2D eigenvalue weighted by atomic mass is 35.5. The first kappa shape index (κ1) is 21.1. The van der Waals surface area contributed by atoms with Gasteiger partial charge in [0.1, 0.15) is 11.5 Å². The molecule has 0 aliphatic carbocycles. The van der Waals surface area contributed by atoms with E-state index in [1.807, 2.05) is 6.07 Å². The van der Waals surface area contributed by atoms with Gasteiger partial charge in [0.15, 0.2) is 5.13 Å². The largest absolute Gasteiger partial charge is 0.457 e. The number of fused-ring (bicyclic) bond motifs is 1. The number of amides is 2. The van der Waals surface area contributed by atoms with Crippen LogP contribution in [0.4, 0.5) is 10.8 Å². The topological polar surface area (TPSA) is 84.2 Å². The Morgan fingerprint density at radius 2 is 1.90 bits per heavy atom. The Hall–Kier alpha value is -3.13. The molecular weight excluding hydrogens is 457 g/mol. The number of aromatic nitrogens is 1. The molecular formula is C22H15Cl2N3O3S. The third kappa shape index (κ3) is 5.14. The van der Waals surface area contributed by atoms with Crippen molar-refractivity contribution in [2.45, 2.75) is 6.92 Å². The van der Waals surface area contributed by atoms with E-state index in [9.17, 15) is 9.59 Å². The Morgan fingerprint density at radius 3 is 2.68 bits per heavy atom. The van der Waals surface area contributed by atoms with Gasteiger partial charge in [-0.1, -0.05) is 34.5 Å². The summed E-state index contributed by atoms with van der Waals surface area (Å²) in [5.74, 6) is 0.578. The third-order valence-corrected chi connectivity index (χ3v) is 5.64. The Kier molecular flexibility index (Phi) is 6.08. The lowest BCUT2D eigenvalue weighted by Crippen LogP contribution is -2.07. The summed E-state index contributed by atoms with van der Waals surface area (Å²) < 4.78 is 6.59. The van der Waals surface area contributed by atoms with Crippen LogP contribution in [0.25, 0.3) is 27.6 Å². The summed E-state index contributed by atoms with van der Waals surface area (Å²) in [6.07, 6.45) is 2.92. The van der Waals surface area contributed by atoms with Crippen LogP contribution in [0.5, 0.6) is 0 Å². The molecule has 0 saturated heterocycles. The first-order chi connectivity index (χ1) is 14.9. The van der Waals surface area contributed by atoms with Crippen LogP contribution in [0.2, 0.25) is 10.0 Å². The number of carbonyl (C=O) groups excluding carboxylic acids is 2. The van der Waals surface area contributed by atoms with E-state index in [-0.39, 0.29) is 11.8 Å². The van der Waals surface area contributed by atoms with Crippen LogP contribution in [0.15, 0.2) is 59.0 Å². The van der Waals surface area contributed by atoms with Gasteiger partial charge in [-0.05, 0) is 54.6 Å². The van der Waals surface area contributed by atoms with Crippen molar-refractivity contribution < 1.29 is 14.0 Å². The van der Waals surface area contributed by atoms with Gasteiger partial charge in [-0.3, -0.25) is 14.9 Å². The average molecular weight is 472 g/mol. The standard InChI is InChI=1S/C22H15Cl2N3O3S/c1-12(28)25-14-3-7-18-20(11-14)31-22(26-18)27-21(29)9-5-15-4-8-19(30-15)16-6-2-13(23)10-17(16)24/h2-11H,1H3,(H,25,28)(H,26,27,29)/b9-5+. The Labute approximate surface area is 191 Å². The van der Waals surface area contributed by atoms with Crippen LogP contribution in [0, 0.1) is 0 Å². The number of furan rings is 1. The van der Waals surface area contributed by atoms with Crippen LogP contribution in [0.3, 0.4) is 0 Å². The maximum Gasteiger partial charge on any atom is 0.250 e. The van der Waals surface area contributed by atoms with Crippen molar-refractivity contribution >= 4 is 73.5 Å². The van der Waals surface area contributed by atoms with Crippen molar-refractivity contribution in [1.29, 1.82) is 0 Å². The van der Waals surface area contributed by atoms with Crippen molar-refractivity contribution in [2.75, 3.05) is 10.6 Å². The van der Waals surface area contributed by atoms with Crippen LogP contribution in [0.1, 0.15) is 12.7 Å². The predicted octanol–water partition coefficient (Wildman–Crippen LogP) is 6.47. The number of carbonyl (C=O) groups is 2. The second kappa shape index (κ2) is 8.93. The lowest BCUT2D eigenvalue weighted by atomic mass is 10.2.